The molecule has 0 saturated heterocycles. The second-order valence-electron chi connectivity index (χ2n) is 12.1. The highest BCUT2D eigenvalue weighted by Crippen LogP contribution is 2.34. The Morgan fingerprint density at radius 3 is 1.40 bits per heavy atom. The van der Waals surface area contributed by atoms with Crippen molar-refractivity contribution in [2.75, 3.05) is 4.90 Å². The molecule has 0 fully saturated rings. The minimum absolute atomic E-state index is 0.00360. The first-order valence-electron chi connectivity index (χ1n) is 16.6. The van der Waals surface area contributed by atoms with E-state index >= 15 is 0 Å². The summed E-state index contributed by atoms with van der Waals surface area (Å²) in [6.45, 7) is 0. The van der Waals surface area contributed by atoms with E-state index in [9.17, 15) is 28.8 Å². The lowest BCUT2D eigenvalue weighted by atomic mass is 9.99. The third-order valence-corrected chi connectivity index (χ3v) is 8.73. The van der Waals surface area contributed by atoms with Crippen LogP contribution < -0.4 is 4.90 Å². The zero-order valence-corrected chi connectivity index (χ0v) is 28.0. The van der Waals surface area contributed by atoms with Crippen molar-refractivity contribution < 1.29 is 38.2 Å². The summed E-state index contributed by atoms with van der Waals surface area (Å²) in [7, 11) is 0. The smallest absolute Gasteiger partial charge is 0.341 e. The van der Waals surface area contributed by atoms with Crippen LogP contribution in [-0.2, 0) is 9.47 Å². The first-order chi connectivity index (χ1) is 25.8. The van der Waals surface area contributed by atoms with Crippen molar-refractivity contribution in [3.8, 4) is 0 Å². The van der Waals surface area contributed by atoms with E-state index in [1.165, 1.54) is 30.3 Å². The Bertz CT molecular complexity index is 2360. The van der Waals surface area contributed by atoms with Crippen molar-refractivity contribution >= 4 is 41.0 Å². The molecule has 0 spiro atoms. The quantitative estimate of drug-likeness (QED) is 0.0756. The third kappa shape index (κ3) is 6.91. The topological polar surface area (TPSA) is 124 Å². The SMILES string of the molecule is O=C(O[C@H](C(=O)c1ccccc1)c1ccccc1)c1ccc2c(c1)C(=O)N(c1ccccc1C(=O)O[C@@H](C(=O)c1ccccc1)c1ccccc1)C2=O. The standard InChI is InChI=1S/C44H29NO8/c46-37(28-15-5-1-6-16-28)39(30-19-9-3-10-20-30)52-43(50)32-25-26-33-35(27-32)42(49)45(41(33)48)36-24-14-13-23-34(36)44(51)53-40(31-21-11-4-12-22-31)38(47)29-17-7-2-8-18-29/h1-27,39-40H/t39-,40+/m0/s1. The number of rotatable bonds is 11. The van der Waals surface area contributed by atoms with Gasteiger partial charge in [0.15, 0.2) is 12.2 Å². The van der Waals surface area contributed by atoms with Crippen LogP contribution >= 0.6 is 0 Å². The van der Waals surface area contributed by atoms with E-state index in [2.05, 4.69) is 0 Å². The van der Waals surface area contributed by atoms with Gasteiger partial charge in [-0.15, -0.1) is 0 Å². The van der Waals surface area contributed by atoms with Crippen LogP contribution in [0.1, 0.15) is 85.5 Å². The first-order valence-corrected chi connectivity index (χ1v) is 16.6. The lowest BCUT2D eigenvalue weighted by molar-refractivity contribution is 0.0278. The molecule has 0 saturated carbocycles. The second kappa shape index (κ2) is 14.9. The zero-order valence-electron chi connectivity index (χ0n) is 28.0. The van der Waals surface area contributed by atoms with Crippen molar-refractivity contribution in [3.05, 3.63) is 208 Å². The van der Waals surface area contributed by atoms with E-state index in [1.54, 1.807) is 133 Å². The average molecular weight is 700 g/mol. The number of anilines is 1. The molecule has 9 heteroatoms. The average Bonchev–Trinajstić information content (AvgIpc) is 3.47. The lowest BCUT2D eigenvalue weighted by Crippen LogP contribution is -2.31. The first kappa shape index (κ1) is 34.2. The Labute approximate surface area is 304 Å². The number of esters is 2. The minimum atomic E-state index is -1.32. The van der Waals surface area contributed by atoms with Crippen molar-refractivity contribution in [1.29, 1.82) is 0 Å². The Kier molecular flexibility index (Phi) is 9.63. The van der Waals surface area contributed by atoms with E-state index in [-0.39, 0.29) is 27.9 Å². The molecule has 0 radical (unpaired) electrons. The molecule has 0 bridgehead atoms. The molecular formula is C44H29NO8. The van der Waals surface area contributed by atoms with Crippen LogP contribution in [0.3, 0.4) is 0 Å². The number of hydrogen-bond donors (Lipinski definition) is 0. The summed E-state index contributed by atoms with van der Waals surface area (Å²) in [6.07, 6.45) is -2.59. The molecule has 6 aromatic carbocycles. The number of para-hydroxylation sites is 1. The number of nitrogens with zero attached hydrogens (tertiary/aromatic N) is 1. The fraction of sp³-hybridized carbons (Fsp3) is 0.0455. The van der Waals surface area contributed by atoms with Crippen LogP contribution in [0.2, 0.25) is 0 Å². The van der Waals surface area contributed by atoms with E-state index in [0.717, 1.165) is 4.90 Å². The van der Waals surface area contributed by atoms with Gasteiger partial charge >= 0.3 is 11.9 Å². The van der Waals surface area contributed by atoms with E-state index in [4.69, 9.17) is 9.47 Å². The van der Waals surface area contributed by atoms with E-state index in [1.807, 2.05) is 0 Å². The van der Waals surface area contributed by atoms with Gasteiger partial charge in [-0.1, -0.05) is 133 Å². The number of hydrogen-bond acceptors (Lipinski definition) is 8. The molecule has 7 rings (SSSR count). The molecule has 0 aliphatic carbocycles. The van der Waals surface area contributed by atoms with Gasteiger partial charge < -0.3 is 9.47 Å². The Hall–Kier alpha value is -7.26. The van der Waals surface area contributed by atoms with Crippen LogP contribution in [0, 0.1) is 0 Å². The number of amides is 2. The molecular weight excluding hydrogens is 670 g/mol. The Balaban J connectivity index is 1.16. The van der Waals surface area contributed by atoms with Crippen LogP contribution in [0.15, 0.2) is 164 Å². The molecule has 0 N–H and O–H groups in total. The lowest BCUT2D eigenvalue weighted by Gasteiger charge is -2.21. The maximum Gasteiger partial charge on any atom is 0.341 e. The van der Waals surface area contributed by atoms with Gasteiger partial charge in [0.25, 0.3) is 11.8 Å². The molecule has 0 aromatic heterocycles. The number of Topliss-reactive ketones (excluding diaryl/α,β-unsaturated/α-hetero) is 2. The number of fused-ring (bicyclic) bond motifs is 1. The number of imide groups is 1. The van der Waals surface area contributed by atoms with E-state index in [0.29, 0.717) is 22.3 Å². The largest absolute Gasteiger partial charge is 0.445 e. The van der Waals surface area contributed by atoms with Gasteiger partial charge in [-0.3, -0.25) is 19.2 Å². The Morgan fingerprint density at radius 1 is 0.434 bits per heavy atom. The number of carbonyl (C=O) groups is 6. The molecule has 0 unspecified atom stereocenters. The second-order valence-corrected chi connectivity index (χ2v) is 12.1. The Morgan fingerprint density at radius 2 is 0.868 bits per heavy atom. The van der Waals surface area contributed by atoms with Gasteiger partial charge in [-0.05, 0) is 30.3 Å². The molecule has 258 valence electrons. The minimum Gasteiger partial charge on any atom is -0.445 e. The fourth-order valence-electron chi connectivity index (χ4n) is 6.08. The number of carbonyl (C=O) groups excluding carboxylic acids is 6. The maximum atomic E-state index is 13.9. The highest BCUT2D eigenvalue weighted by Gasteiger charge is 2.40. The van der Waals surface area contributed by atoms with Crippen molar-refractivity contribution in [2.45, 2.75) is 12.2 Å². The van der Waals surface area contributed by atoms with Crippen LogP contribution in [0.25, 0.3) is 0 Å². The number of ketones is 2. The van der Waals surface area contributed by atoms with Crippen molar-refractivity contribution in [2.24, 2.45) is 0 Å². The van der Waals surface area contributed by atoms with Gasteiger partial charge in [-0.2, -0.15) is 0 Å². The zero-order chi connectivity index (χ0) is 36.9. The molecule has 2 amide bonds. The predicted molar refractivity (Wildman–Crippen MR) is 195 cm³/mol. The molecule has 9 nitrogen and oxygen atoms in total. The summed E-state index contributed by atoms with van der Waals surface area (Å²) in [5, 5.41) is 0. The van der Waals surface area contributed by atoms with Gasteiger partial charge in [0.1, 0.15) is 0 Å². The fourth-order valence-corrected chi connectivity index (χ4v) is 6.08. The predicted octanol–water partition coefficient (Wildman–Crippen LogP) is 8.05. The maximum absolute atomic E-state index is 13.9. The summed E-state index contributed by atoms with van der Waals surface area (Å²) in [4.78, 5) is 83.0. The summed E-state index contributed by atoms with van der Waals surface area (Å²) in [5.74, 6) is -4.24. The third-order valence-electron chi connectivity index (χ3n) is 8.73. The van der Waals surface area contributed by atoms with Gasteiger partial charge in [-0.25, -0.2) is 14.5 Å². The van der Waals surface area contributed by atoms with Crippen LogP contribution in [0.5, 0.6) is 0 Å². The van der Waals surface area contributed by atoms with Gasteiger partial charge in [0, 0.05) is 22.3 Å². The number of ether oxygens (including phenoxy) is 2. The van der Waals surface area contributed by atoms with Crippen molar-refractivity contribution in [1.82, 2.24) is 0 Å². The highest BCUT2D eigenvalue weighted by atomic mass is 16.6. The monoisotopic (exact) mass is 699 g/mol. The molecule has 1 aliphatic rings. The summed E-state index contributed by atoms with van der Waals surface area (Å²) in [5.41, 5.74) is 1.21. The summed E-state index contributed by atoms with van der Waals surface area (Å²) >= 11 is 0. The molecule has 2 atom stereocenters. The molecule has 1 heterocycles. The van der Waals surface area contributed by atoms with Gasteiger partial charge in [0.2, 0.25) is 11.6 Å². The van der Waals surface area contributed by atoms with Crippen molar-refractivity contribution in [3.63, 3.8) is 0 Å². The highest BCUT2D eigenvalue weighted by molar-refractivity contribution is 6.35. The van der Waals surface area contributed by atoms with Crippen LogP contribution in [0.4, 0.5) is 5.69 Å². The van der Waals surface area contributed by atoms with Crippen LogP contribution in [-0.4, -0.2) is 35.3 Å². The summed E-state index contributed by atoms with van der Waals surface area (Å²) < 4.78 is 11.6. The normalized spacial score (nSPS) is 13.1. The summed E-state index contributed by atoms with van der Waals surface area (Å²) in [6, 6.07) is 43.7. The molecule has 53 heavy (non-hydrogen) atoms. The molecule has 1 aliphatic heterocycles. The van der Waals surface area contributed by atoms with Gasteiger partial charge in [0.05, 0.1) is 27.9 Å². The molecule has 6 aromatic rings. The van der Waals surface area contributed by atoms with E-state index < -0.39 is 47.5 Å². The number of benzene rings is 6.